The first-order valence-corrected chi connectivity index (χ1v) is 6.08. The summed E-state index contributed by atoms with van der Waals surface area (Å²) in [6.45, 7) is 17.9. The van der Waals surface area contributed by atoms with Gasteiger partial charge in [-0.2, -0.15) is 11.1 Å². The first kappa shape index (κ1) is 18.9. The molecule has 1 radical (unpaired) electrons. The van der Waals surface area contributed by atoms with Gasteiger partial charge in [-0.1, -0.05) is 67.2 Å². The van der Waals surface area contributed by atoms with Crippen molar-refractivity contribution in [1.29, 1.82) is 0 Å². The van der Waals surface area contributed by atoms with Crippen molar-refractivity contribution in [2.75, 3.05) is 0 Å². The second kappa shape index (κ2) is 8.64. The Bertz CT molecular complexity index is 251. The SMILES string of the molecule is CC(C)=C(C(=[C-]C(C)C)C(C)C)C(C)C.[Y]. The summed E-state index contributed by atoms with van der Waals surface area (Å²) in [5, 5.41) is 0. The third kappa shape index (κ3) is 6.35. The van der Waals surface area contributed by atoms with Gasteiger partial charge in [0.25, 0.3) is 0 Å². The van der Waals surface area contributed by atoms with E-state index in [-0.39, 0.29) is 32.7 Å². The second-order valence-electron chi connectivity index (χ2n) is 5.44. The predicted molar refractivity (Wildman–Crippen MR) is 69.6 cm³/mol. The molecule has 0 nitrogen and oxygen atoms in total. The fourth-order valence-electron chi connectivity index (χ4n) is 2.02. The van der Waals surface area contributed by atoms with E-state index in [0.29, 0.717) is 17.8 Å². The molecule has 0 saturated heterocycles. The van der Waals surface area contributed by atoms with E-state index in [1.165, 1.54) is 16.7 Å². The van der Waals surface area contributed by atoms with E-state index in [1.54, 1.807) is 0 Å². The Hall–Kier alpha value is 0.584. The minimum absolute atomic E-state index is 0. The van der Waals surface area contributed by atoms with Crippen LogP contribution in [0.25, 0.3) is 0 Å². The molecule has 0 aliphatic rings. The molecule has 0 aromatic carbocycles. The molecule has 0 bridgehead atoms. The van der Waals surface area contributed by atoms with Gasteiger partial charge in [0.15, 0.2) is 0 Å². The number of hydrogen-bond acceptors (Lipinski definition) is 0. The zero-order chi connectivity index (χ0) is 12.2. The van der Waals surface area contributed by atoms with Gasteiger partial charge in [-0.25, -0.2) is 5.57 Å². The molecule has 0 atom stereocenters. The summed E-state index contributed by atoms with van der Waals surface area (Å²) in [5.41, 5.74) is 4.35. The molecule has 0 rings (SSSR count). The maximum atomic E-state index is 3.60. The number of allylic oxidation sites excluding steroid dienone is 4. The van der Waals surface area contributed by atoms with E-state index >= 15 is 0 Å². The van der Waals surface area contributed by atoms with Gasteiger partial charge in [0.2, 0.25) is 0 Å². The molecule has 0 aliphatic carbocycles. The average Bonchev–Trinajstić information content (AvgIpc) is 2.00. The molecule has 0 spiro atoms. The molecular weight excluding hydrogens is 269 g/mol. The molecule has 0 unspecified atom stereocenters. The molecule has 0 aromatic heterocycles. The van der Waals surface area contributed by atoms with Crippen molar-refractivity contribution in [2.24, 2.45) is 17.8 Å². The van der Waals surface area contributed by atoms with Gasteiger partial charge in [-0.3, -0.25) is 6.08 Å². The zero-order valence-corrected chi connectivity index (χ0v) is 15.1. The molecule has 0 aliphatic heterocycles. The van der Waals surface area contributed by atoms with Gasteiger partial charge in [0.05, 0.1) is 0 Å². The van der Waals surface area contributed by atoms with Crippen molar-refractivity contribution in [2.45, 2.75) is 55.4 Å². The Balaban J connectivity index is 0. The summed E-state index contributed by atoms with van der Waals surface area (Å²) in [7, 11) is 0. The molecule has 0 heterocycles. The van der Waals surface area contributed by atoms with Crippen LogP contribution < -0.4 is 0 Å². The van der Waals surface area contributed by atoms with Gasteiger partial charge >= 0.3 is 0 Å². The van der Waals surface area contributed by atoms with Gasteiger partial charge in [0.1, 0.15) is 0 Å². The van der Waals surface area contributed by atoms with E-state index in [0.717, 1.165) is 0 Å². The van der Waals surface area contributed by atoms with Crippen molar-refractivity contribution in [1.82, 2.24) is 0 Å². The van der Waals surface area contributed by atoms with Crippen LogP contribution in [0.2, 0.25) is 0 Å². The largest absolute Gasteiger partial charge is 0.269 e. The average molecular weight is 296 g/mol. The number of rotatable bonds is 4. The maximum Gasteiger partial charge on any atom is 0 e. The molecule has 0 N–H and O–H groups in total. The third-order valence-electron chi connectivity index (χ3n) is 2.43. The van der Waals surface area contributed by atoms with E-state index in [2.05, 4.69) is 61.5 Å². The summed E-state index contributed by atoms with van der Waals surface area (Å²) in [6.07, 6.45) is 3.60. The van der Waals surface area contributed by atoms with Crippen molar-refractivity contribution >= 4 is 0 Å². The van der Waals surface area contributed by atoms with E-state index in [4.69, 9.17) is 0 Å². The fraction of sp³-hybridized carbons (Fsp3) is 0.733. The van der Waals surface area contributed by atoms with Crippen molar-refractivity contribution in [3.8, 4) is 0 Å². The van der Waals surface area contributed by atoms with Crippen LogP contribution in [0, 0.1) is 23.8 Å². The minimum atomic E-state index is 0. The molecule has 16 heavy (non-hydrogen) atoms. The van der Waals surface area contributed by atoms with Crippen molar-refractivity contribution in [3.63, 3.8) is 0 Å². The van der Waals surface area contributed by atoms with Crippen LogP contribution in [0.4, 0.5) is 0 Å². The van der Waals surface area contributed by atoms with Crippen LogP contribution >= 0.6 is 0 Å². The third-order valence-corrected chi connectivity index (χ3v) is 2.43. The maximum absolute atomic E-state index is 3.60. The topological polar surface area (TPSA) is 0 Å². The normalized spacial score (nSPS) is 12.1. The first-order chi connectivity index (χ1) is 6.77. The first-order valence-electron chi connectivity index (χ1n) is 6.08. The molecular formula is C15H27Y-. The van der Waals surface area contributed by atoms with Crippen LogP contribution in [0.1, 0.15) is 55.4 Å². The van der Waals surface area contributed by atoms with E-state index in [9.17, 15) is 0 Å². The monoisotopic (exact) mass is 296 g/mol. The number of hydrogen-bond donors (Lipinski definition) is 0. The Morgan fingerprint density at radius 2 is 1.25 bits per heavy atom. The molecule has 0 saturated carbocycles. The Morgan fingerprint density at radius 3 is 1.44 bits per heavy atom. The Morgan fingerprint density at radius 1 is 0.812 bits per heavy atom. The van der Waals surface area contributed by atoms with Gasteiger partial charge in [-0.05, 0) is 0 Å². The molecule has 0 aromatic rings. The summed E-state index contributed by atoms with van der Waals surface area (Å²) in [5.74, 6) is 1.67. The van der Waals surface area contributed by atoms with Crippen LogP contribution in [-0.4, -0.2) is 0 Å². The van der Waals surface area contributed by atoms with Crippen molar-refractivity contribution < 1.29 is 32.7 Å². The standard InChI is InChI=1S/C15H27.Y/c1-10(2)9-14(11(3)4)15(12(5)6)13(7)8;/h10-12H,1-8H3;/q-1;. The van der Waals surface area contributed by atoms with E-state index in [1.807, 2.05) is 0 Å². The van der Waals surface area contributed by atoms with Crippen LogP contribution in [-0.2, 0) is 32.7 Å². The molecule has 1 heteroatoms. The van der Waals surface area contributed by atoms with Crippen LogP contribution in [0.5, 0.6) is 0 Å². The van der Waals surface area contributed by atoms with Crippen LogP contribution in [0.3, 0.4) is 0 Å². The summed E-state index contributed by atoms with van der Waals surface area (Å²) in [6, 6.07) is 0. The molecule has 0 amide bonds. The fourth-order valence-corrected chi connectivity index (χ4v) is 2.02. The van der Waals surface area contributed by atoms with Crippen LogP contribution in [0.15, 0.2) is 16.7 Å². The minimum Gasteiger partial charge on any atom is -0.269 e. The molecule has 0 fully saturated rings. The quantitative estimate of drug-likeness (QED) is 0.505. The van der Waals surface area contributed by atoms with Gasteiger partial charge in [0, 0.05) is 32.7 Å². The Labute approximate surface area is 128 Å². The second-order valence-corrected chi connectivity index (χ2v) is 5.44. The summed E-state index contributed by atoms with van der Waals surface area (Å²) in [4.78, 5) is 0. The van der Waals surface area contributed by atoms with E-state index < -0.39 is 0 Å². The Kier molecular flexibility index (Phi) is 10.2. The van der Waals surface area contributed by atoms with Gasteiger partial charge < -0.3 is 0 Å². The molecule has 91 valence electrons. The zero-order valence-electron chi connectivity index (χ0n) is 12.3. The predicted octanol–water partition coefficient (Wildman–Crippen LogP) is 5.02. The summed E-state index contributed by atoms with van der Waals surface area (Å²) >= 11 is 0. The van der Waals surface area contributed by atoms with Crippen molar-refractivity contribution in [3.05, 3.63) is 22.8 Å². The smallest absolute Gasteiger partial charge is 0 e. The summed E-state index contributed by atoms with van der Waals surface area (Å²) < 4.78 is 0. The van der Waals surface area contributed by atoms with Gasteiger partial charge in [-0.15, -0.1) is 5.92 Å².